The summed E-state index contributed by atoms with van der Waals surface area (Å²) in [4.78, 5) is 13.8. The Morgan fingerprint density at radius 2 is 2.20 bits per heavy atom. The molecule has 15 heavy (non-hydrogen) atoms. The van der Waals surface area contributed by atoms with Gasteiger partial charge in [-0.25, -0.2) is 0 Å². The fraction of sp³-hybridized carbons (Fsp3) is 0.917. The first kappa shape index (κ1) is 10.9. The second-order valence-electron chi connectivity index (χ2n) is 4.89. The van der Waals surface area contributed by atoms with Crippen LogP contribution in [0.2, 0.25) is 0 Å². The van der Waals surface area contributed by atoms with E-state index in [1.165, 1.54) is 39.5 Å². The van der Waals surface area contributed by atoms with Crippen molar-refractivity contribution in [2.75, 3.05) is 26.7 Å². The number of esters is 1. The first-order valence-corrected chi connectivity index (χ1v) is 6.10. The minimum absolute atomic E-state index is 0.0221. The maximum atomic E-state index is 11.4. The Labute approximate surface area is 91.8 Å². The average molecular weight is 211 g/mol. The molecule has 1 saturated carbocycles. The third kappa shape index (κ3) is 3.20. The van der Waals surface area contributed by atoms with Crippen molar-refractivity contribution in [3.05, 3.63) is 0 Å². The Morgan fingerprint density at radius 1 is 1.40 bits per heavy atom. The second-order valence-corrected chi connectivity index (χ2v) is 4.89. The summed E-state index contributed by atoms with van der Waals surface area (Å²) in [6.45, 7) is 3.26. The van der Waals surface area contributed by atoms with Gasteiger partial charge in [0.05, 0.1) is 13.0 Å². The van der Waals surface area contributed by atoms with E-state index in [2.05, 4.69) is 4.90 Å². The van der Waals surface area contributed by atoms with E-state index in [-0.39, 0.29) is 11.9 Å². The van der Waals surface area contributed by atoms with Gasteiger partial charge in [-0.2, -0.15) is 0 Å². The predicted octanol–water partition coefficient (Wildman–Crippen LogP) is 1.67. The van der Waals surface area contributed by atoms with Crippen LogP contribution < -0.4 is 0 Å². The molecule has 0 spiro atoms. The SMILES string of the molecule is COC(=O)C1CCCN(CCC2CC2)C1. The number of methoxy groups -OCH3 is 1. The third-order valence-corrected chi connectivity index (χ3v) is 3.59. The van der Waals surface area contributed by atoms with Crippen LogP contribution in [-0.4, -0.2) is 37.6 Å². The van der Waals surface area contributed by atoms with E-state index in [0.717, 1.165) is 25.3 Å². The van der Waals surface area contributed by atoms with E-state index in [4.69, 9.17) is 4.74 Å². The van der Waals surface area contributed by atoms with Crippen LogP contribution in [0.3, 0.4) is 0 Å². The molecule has 1 saturated heterocycles. The van der Waals surface area contributed by atoms with E-state index < -0.39 is 0 Å². The average Bonchev–Trinajstić information content (AvgIpc) is 3.09. The third-order valence-electron chi connectivity index (χ3n) is 3.59. The molecule has 2 aliphatic rings. The summed E-state index contributed by atoms with van der Waals surface area (Å²) in [5, 5.41) is 0. The summed E-state index contributed by atoms with van der Waals surface area (Å²) in [6, 6.07) is 0. The number of nitrogens with zero attached hydrogens (tertiary/aromatic N) is 1. The highest BCUT2D eigenvalue weighted by molar-refractivity contribution is 5.72. The number of likely N-dealkylation sites (tertiary alicyclic amines) is 1. The minimum Gasteiger partial charge on any atom is -0.469 e. The van der Waals surface area contributed by atoms with E-state index in [1.54, 1.807) is 0 Å². The maximum absolute atomic E-state index is 11.4. The van der Waals surface area contributed by atoms with Crippen molar-refractivity contribution in [3.63, 3.8) is 0 Å². The highest BCUT2D eigenvalue weighted by atomic mass is 16.5. The second kappa shape index (κ2) is 4.97. The van der Waals surface area contributed by atoms with Crippen LogP contribution in [-0.2, 0) is 9.53 Å². The first-order chi connectivity index (χ1) is 7.29. The van der Waals surface area contributed by atoms with Crippen LogP contribution in [0.5, 0.6) is 0 Å². The van der Waals surface area contributed by atoms with Crippen LogP contribution in [0.15, 0.2) is 0 Å². The van der Waals surface area contributed by atoms with Crippen molar-refractivity contribution >= 4 is 5.97 Å². The summed E-state index contributed by atoms with van der Waals surface area (Å²) in [7, 11) is 1.49. The molecule has 0 radical (unpaired) electrons. The number of piperidine rings is 1. The van der Waals surface area contributed by atoms with Crippen LogP contribution >= 0.6 is 0 Å². The summed E-state index contributed by atoms with van der Waals surface area (Å²) in [5.41, 5.74) is 0. The van der Waals surface area contributed by atoms with Gasteiger partial charge in [0.15, 0.2) is 0 Å². The molecule has 1 atom stereocenters. The van der Waals surface area contributed by atoms with Gasteiger partial charge in [0, 0.05) is 6.54 Å². The number of hydrogen-bond donors (Lipinski definition) is 0. The molecule has 1 unspecified atom stereocenters. The van der Waals surface area contributed by atoms with Gasteiger partial charge < -0.3 is 9.64 Å². The van der Waals surface area contributed by atoms with Crippen molar-refractivity contribution in [2.45, 2.75) is 32.1 Å². The van der Waals surface area contributed by atoms with Gasteiger partial charge in [0.1, 0.15) is 0 Å². The summed E-state index contributed by atoms with van der Waals surface area (Å²) < 4.78 is 4.81. The van der Waals surface area contributed by atoms with Gasteiger partial charge in [-0.15, -0.1) is 0 Å². The Hall–Kier alpha value is -0.570. The van der Waals surface area contributed by atoms with Crippen molar-refractivity contribution < 1.29 is 9.53 Å². The molecule has 3 nitrogen and oxygen atoms in total. The number of rotatable bonds is 4. The Balaban J connectivity index is 1.72. The molecule has 0 aromatic heterocycles. The van der Waals surface area contributed by atoms with Crippen LogP contribution in [0.1, 0.15) is 32.1 Å². The molecule has 0 N–H and O–H groups in total. The van der Waals surface area contributed by atoms with E-state index in [0.29, 0.717) is 0 Å². The van der Waals surface area contributed by atoms with Crippen LogP contribution in [0.4, 0.5) is 0 Å². The largest absolute Gasteiger partial charge is 0.469 e. The summed E-state index contributed by atoms with van der Waals surface area (Å²) in [5.74, 6) is 1.09. The molecular formula is C12H21NO2. The highest BCUT2D eigenvalue weighted by Gasteiger charge is 2.28. The molecule has 0 amide bonds. The molecule has 0 aromatic rings. The zero-order chi connectivity index (χ0) is 10.7. The highest BCUT2D eigenvalue weighted by Crippen LogP contribution is 2.32. The smallest absolute Gasteiger partial charge is 0.309 e. The van der Waals surface area contributed by atoms with Gasteiger partial charge in [-0.05, 0) is 38.3 Å². The van der Waals surface area contributed by atoms with Crippen molar-refractivity contribution in [1.82, 2.24) is 4.90 Å². The van der Waals surface area contributed by atoms with E-state index >= 15 is 0 Å². The molecule has 0 bridgehead atoms. The van der Waals surface area contributed by atoms with Gasteiger partial charge in [-0.1, -0.05) is 12.8 Å². The lowest BCUT2D eigenvalue weighted by molar-refractivity contribution is -0.147. The van der Waals surface area contributed by atoms with Crippen LogP contribution in [0.25, 0.3) is 0 Å². The normalized spacial score (nSPS) is 27.7. The molecule has 1 heterocycles. The number of carbonyl (C=O) groups is 1. The zero-order valence-electron chi connectivity index (χ0n) is 9.58. The van der Waals surface area contributed by atoms with Crippen LogP contribution in [0, 0.1) is 11.8 Å². The first-order valence-electron chi connectivity index (χ1n) is 6.10. The number of hydrogen-bond acceptors (Lipinski definition) is 3. The van der Waals surface area contributed by atoms with Gasteiger partial charge >= 0.3 is 5.97 Å². The van der Waals surface area contributed by atoms with Gasteiger partial charge in [-0.3, -0.25) is 4.79 Å². The Kier molecular flexibility index (Phi) is 3.62. The standard InChI is InChI=1S/C12H21NO2/c1-15-12(14)11-3-2-7-13(9-11)8-6-10-4-5-10/h10-11H,2-9H2,1H3. The maximum Gasteiger partial charge on any atom is 0.309 e. The molecular weight excluding hydrogens is 190 g/mol. The Morgan fingerprint density at radius 3 is 2.87 bits per heavy atom. The quantitative estimate of drug-likeness (QED) is 0.662. The predicted molar refractivity (Wildman–Crippen MR) is 58.5 cm³/mol. The van der Waals surface area contributed by atoms with Gasteiger partial charge in [0.2, 0.25) is 0 Å². The van der Waals surface area contributed by atoms with Gasteiger partial charge in [0.25, 0.3) is 0 Å². The number of carbonyl (C=O) groups excluding carboxylic acids is 1. The molecule has 0 aromatic carbocycles. The van der Waals surface area contributed by atoms with Crippen molar-refractivity contribution in [1.29, 1.82) is 0 Å². The van der Waals surface area contributed by atoms with E-state index in [1.807, 2.05) is 0 Å². The number of ether oxygens (including phenoxy) is 1. The Bertz CT molecular complexity index is 226. The monoisotopic (exact) mass is 211 g/mol. The molecule has 3 heteroatoms. The van der Waals surface area contributed by atoms with Crippen molar-refractivity contribution in [3.8, 4) is 0 Å². The lowest BCUT2D eigenvalue weighted by Gasteiger charge is -2.31. The van der Waals surface area contributed by atoms with E-state index in [9.17, 15) is 4.79 Å². The fourth-order valence-corrected chi connectivity index (χ4v) is 2.39. The molecule has 1 aliphatic carbocycles. The molecule has 2 fully saturated rings. The topological polar surface area (TPSA) is 29.5 Å². The summed E-state index contributed by atoms with van der Waals surface area (Å²) in [6.07, 6.45) is 6.33. The molecule has 2 rings (SSSR count). The molecule has 86 valence electrons. The fourth-order valence-electron chi connectivity index (χ4n) is 2.39. The minimum atomic E-state index is -0.0221. The summed E-state index contributed by atoms with van der Waals surface area (Å²) >= 11 is 0. The zero-order valence-corrected chi connectivity index (χ0v) is 9.58. The lowest BCUT2D eigenvalue weighted by atomic mass is 9.98. The molecule has 1 aliphatic heterocycles. The van der Waals surface area contributed by atoms with Crippen molar-refractivity contribution in [2.24, 2.45) is 11.8 Å². The lowest BCUT2D eigenvalue weighted by Crippen LogP contribution is -2.39.